The van der Waals surface area contributed by atoms with E-state index in [-0.39, 0.29) is 24.0 Å². The lowest BCUT2D eigenvalue weighted by atomic mass is 10.0. The summed E-state index contributed by atoms with van der Waals surface area (Å²) in [5.74, 6) is 1.57. The molecule has 1 aromatic heterocycles. The maximum absolute atomic E-state index is 5.50. The molecule has 2 heterocycles. The van der Waals surface area contributed by atoms with E-state index in [2.05, 4.69) is 53.4 Å². The number of halogens is 1. The normalized spacial score (nSPS) is 17.0. The number of nitrogens with one attached hydrogen (secondary N) is 2. The monoisotopic (exact) mass is 494 g/mol. The van der Waals surface area contributed by atoms with Gasteiger partial charge in [0, 0.05) is 42.5 Å². The fraction of sp³-hybridized carbons (Fsp3) is 0.737. The molecule has 1 aromatic rings. The van der Waals surface area contributed by atoms with Crippen molar-refractivity contribution in [3.8, 4) is 0 Å². The molecule has 1 atom stereocenters. The van der Waals surface area contributed by atoms with Crippen LogP contribution in [0.4, 0.5) is 0 Å². The van der Waals surface area contributed by atoms with E-state index < -0.39 is 0 Å². The number of morpholine rings is 1. The van der Waals surface area contributed by atoms with E-state index in [1.807, 2.05) is 18.4 Å². The fourth-order valence-corrected chi connectivity index (χ4v) is 4.06. The fourth-order valence-electron chi connectivity index (χ4n) is 3.16. The number of hydrogen-bond donors (Lipinski definition) is 2. The van der Waals surface area contributed by atoms with Crippen LogP contribution in [0.5, 0.6) is 0 Å². The van der Waals surface area contributed by atoms with Crippen LogP contribution in [-0.4, -0.2) is 56.8 Å². The quantitative estimate of drug-likeness (QED) is 0.331. The molecule has 2 rings (SSSR count). The second kappa shape index (κ2) is 12.9. The SMILES string of the molecule is CCc1ccc(CNC(=NC)NCC(CC(C)C)N2CCOCC2)s1.I. The van der Waals surface area contributed by atoms with Gasteiger partial charge in [-0.05, 0) is 30.9 Å². The van der Waals surface area contributed by atoms with E-state index in [0.29, 0.717) is 12.0 Å². The van der Waals surface area contributed by atoms with E-state index >= 15 is 0 Å². The predicted molar refractivity (Wildman–Crippen MR) is 123 cm³/mol. The van der Waals surface area contributed by atoms with Crippen molar-refractivity contribution in [1.29, 1.82) is 0 Å². The summed E-state index contributed by atoms with van der Waals surface area (Å²) in [6.07, 6.45) is 2.29. The molecule has 0 bridgehead atoms. The maximum atomic E-state index is 5.50. The molecule has 26 heavy (non-hydrogen) atoms. The van der Waals surface area contributed by atoms with E-state index in [1.165, 1.54) is 16.2 Å². The van der Waals surface area contributed by atoms with Gasteiger partial charge in [0.25, 0.3) is 0 Å². The van der Waals surface area contributed by atoms with Gasteiger partial charge in [-0.25, -0.2) is 0 Å². The molecular weight excluding hydrogens is 459 g/mol. The van der Waals surface area contributed by atoms with Crippen LogP contribution in [0.1, 0.15) is 36.9 Å². The zero-order valence-electron chi connectivity index (χ0n) is 16.6. The Morgan fingerprint density at radius 1 is 1.23 bits per heavy atom. The first-order valence-electron chi connectivity index (χ1n) is 9.46. The van der Waals surface area contributed by atoms with Gasteiger partial charge in [0.2, 0.25) is 0 Å². The van der Waals surface area contributed by atoms with Crippen molar-refractivity contribution in [3.05, 3.63) is 21.9 Å². The summed E-state index contributed by atoms with van der Waals surface area (Å²) < 4.78 is 5.50. The molecule has 1 unspecified atom stereocenters. The van der Waals surface area contributed by atoms with E-state index in [9.17, 15) is 0 Å². The number of nitrogens with zero attached hydrogens (tertiary/aromatic N) is 2. The first kappa shape index (κ1) is 23.7. The van der Waals surface area contributed by atoms with Crippen LogP contribution in [0.3, 0.4) is 0 Å². The Labute approximate surface area is 180 Å². The van der Waals surface area contributed by atoms with Gasteiger partial charge < -0.3 is 15.4 Å². The Hall–Kier alpha value is -0.380. The molecule has 1 saturated heterocycles. The Balaban J connectivity index is 0.00000338. The average molecular weight is 494 g/mol. The van der Waals surface area contributed by atoms with Gasteiger partial charge in [-0.15, -0.1) is 35.3 Å². The van der Waals surface area contributed by atoms with Crippen LogP contribution in [0, 0.1) is 5.92 Å². The van der Waals surface area contributed by atoms with Crippen molar-refractivity contribution in [2.75, 3.05) is 39.9 Å². The Kier molecular flexibility index (Phi) is 11.7. The lowest BCUT2D eigenvalue weighted by Crippen LogP contribution is -2.50. The van der Waals surface area contributed by atoms with Gasteiger partial charge >= 0.3 is 0 Å². The van der Waals surface area contributed by atoms with Crippen LogP contribution < -0.4 is 10.6 Å². The summed E-state index contributed by atoms with van der Waals surface area (Å²) in [7, 11) is 1.84. The highest BCUT2D eigenvalue weighted by Crippen LogP contribution is 2.16. The van der Waals surface area contributed by atoms with Crippen molar-refractivity contribution < 1.29 is 4.74 Å². The number of thiophene rings is 1. The Morgan fingerprint density at radius 2 is 1.92 bits per heavy atom. The van der Waals surface area contributed by atoms with Crippen LogP contribution in [0.2, 0.25) is 0 Å². The van der Waals surface area contributed by atoms with Crippen molar-refractivity contribution in [1.82, 2.24) is 15.5 Å². The molecule has 150 valence electrons. The Bertz CT molecular complexity index is 529. The highest BCUT2D eigenvalue weighted by Gasteiger charge is 2.22. The smallest absolute Gasteiger partial charge is 0.191 e. The molecule has 0 amide bonds. The second-order valence-corrected chi connectivity index (χ2v) is 8.21. The van der Waals surface area contributed by atoms with Crippen molar-refractivity contribution in [3.63, 3.8) is 0 Å². The second-order valence-electron chi connectivity index (χ2n) is 6.96. The first-order chi connectivity index (χ1) is 12.1. The largest absolute Gasteiger partial charge is 0.379 e. The number of rotatable bonds is 8. The molecule has 5 nitrogen and oxygen atoms in total. The number of aryl methyl sites for hydroxylation is 1. The molecule has 0 radical (unpaired) electrons. The van der Waals surface area contributed by atoms with Gasteiger partial charge in [0.1, 0.15) is 0 Å². The molecule has 1 aliphatic rings. The predicted octanol–water partition coefficient (Wildman–Crippen LogP) is 3.34. The molecule has 7 heteroatoms. The molecule has 0 spiro atoms. The first-order valence-corrected chi connectivity index (χ1v) is 10.3. The molecule has 1 fully saturated rings. The lowest BCUT2D eigenvalue weighted by molar-refractivity contribution is 0.0132. The number of aliphatic imine (C=N–C) groups is 1. The van der Waals surface area contributed by atoms with Crippen LogP contribution in [0.25, 0.3) is 0 Å². The highest BCUT2D eigenvalue weighted by molar-refractivity contribution is 14.0. The maximum Gasteiger partial charge on any atom is 0.191 e. The number of ether oxygens (including phenoxy) is 1. The summed E-state index contributed by atoms with van der Waals surface area (Å²) >= 11 is 1.87. The topological polar surface area (TPSA) is 48.9 Å². The van der Waals surface area contributed by atoms with Gasteiger partial charge in [-0.2, -0.15) is 0 Å². The van der Waals surface area contributed by atoms with Crippen molar-refractivity contribution in [2.24, 2.45) is 10.9 Å². The molecule has 1 aliphatic heterocycles. The molecule has 0 saturated carbocycles. The van der Waals surface area contributed by atoms with Gasteiger partial charge in [0.15, 0.2) is 5.96 Å². The van der Waals surface area contributed by atoms with E-state index in [1.54, 1.807) is 0 Å². The molecule has 0 aliphatic carbocycles. The molecule has 0 aromatic carbocycles. The standard InChI is InChI=1S/C19H34N4OS.HI/c1-5-17-6-7-18(25-17)14-22-19(20-4)21-13-16(12-15(2)3)23-8-10-24-11-9-23;/h6-7,15-16H,5,8-14H2,1-4H3,(H2,20,21,22);1H. The lowest BCUT2D eigenvalue weighted by Gasteiger charge is -2.35. The van der Waals surface area contributed by atoms with Gasteiger partial charge in [-0.3, -0.25) is 9.89 Å². The summed E-state index contributed by atoms with van der Waals surface area (Å²) in [6.45, 7) is 12.3. The third-order valence-corrected chi connectivity index (χ3v) is 5.76. The summed E-state index contributed by atoms with van der Waals surface area (Å²) in [5.41, 5.74) is 0. The molecule has 2 N–H and O–H groups in total. The van der Waals surface area contributed by atoms with E-state index in [4.69, 9.17) is 4.74 Å². The zero-order chi connectivity index (χ0) is 18.1. The zero-order valence-corrected chi connectivity index (χ0v) is 19.7. The van der Waals surface area contributed by atoms with Crippen molar-refractivity contribution in [2.45, 2.75) is 46.2 Å². The van der Waals surface area contributed by atoms with Crippen LogP contribution in [-0.2, 0) is 17.7 Å². The molecular formula is C19H35IN4OS. The third kappa shape index (κ3) is 8.10. The average Bonchev–Trinajstić information content (AvgIpc) is 3.09. The summed E-state index contributed by atoms with van der Waals surface area (Å²) in [4.78, 5) is 9.72. The van der Waals surface area contributed by atoms with Crippen LogP contribution in [0.15, 0.2) is 17.1 Å². The van der Waals surface area contributed by atoms with E-state index in [0.717, 1.165) is 51.8 Å². The Morgan fingerprint density at radius 3 is 2.50 bits per heavy atom. The number of hydrogen-bond acceptors (Lipinski definition) is 4. The van der Waals surface area contributed by atoms with Crippen LogP contribution >= 0.6 is 35.3 Å². The van der Waals surface area contributed by atoms with Gasteiger partial charge in [0.05, 0.1) is 19.8 Å². The summed E-state index contributed by atoms with van der Waals surface area (Å²) in [5, 5.41) is 6.97. The van der Waals surface area contributed by atoms with Crippen molar-refractivity contribution >= 4 is 41.3 Å². The minimum atomic E-state index is 0. The number of guanidine groups is 1. The third-order valence-electron chi connectivity index (χ3n) is 4.53. The highest BCUT2D eigenvalue weighted by atomic mass is 127. The summed E-state index contributed by atoms with van der Waals surface area (Å²) in [6, 6.07) is 4.95. The minimum absolute atomic E-state index is 0. The minimum Gasteiger partial charge on any atom is -0.379 e. The van der Waals surface area contributed by atoms with Gasteiger partial charge in [-0.1, -0.05) is 20.8 Å².